The van der Waals surface area contributed by atoms with Crippen LogP contribution < -0.4 is 5.56 Å². The van der Waals surface area contributed by atoms with Crippen LogP contribution in [0.2, 0.25) is 0 Å². The fourth-order valence-electron chi connectivity index (χ4n) is 2.55. The van der Waals surface area contributed by atoms with Gasteiger partial charge in [0.25, 0.3) is 11.5 Å². The predicted octanol–water partition coefficient (Wildman–Crippen LogP) is 1.22. The van der Waals surface area contributed by atoms with Crippen LogP contribution in [0, 0.1) is 5.92 Å². The van der Waals surface area contributed by atoms with Gasteiger partial charge >= 0.3 is 0 Å². The molecule has 1 saturated heterocycles. The SMILES string of the molecule is CC1CCN(C(=O)c2cnc3n(c2=O)CCS3)CC1. The molecule has 5 nitrogen and oxygen atoms in total. The van der Waals surface area contributed by atoms with E-state index in [-0.39, 0.29) is 17.0 Å². The molecule has 0 aromatic carbocycles. The summed E-state index contributed by atoms with van der Waals surface area (Å²) in [7, 11) is 0. The smallest absolute Gasteiger partial charge is 0.267 e. The Balaban J connectivity index is 1.86. The number of amides is 1. The second-order valence-electron chi connectivity index (χ2n) is 5.23. The van der Waals surface area contributed by atoms with E-state index in [0.29, 0.717) is 12.5 Å². The van der Waals surface area contributed by atoms with E-state index in [9.17, 15) is 9.59 Å². The maximum atomic E-state index is 12.4. The molecule has 0 unspecified atom stereocenters. The summed E-state index contributed by atoms with van der Waals surface area (Å²) in [5, 5.41) is 0.730. The minimum absolute atomic E-state index is 0.156. The molecule has 0 atom stereocenters. The summed E-state index contributed by atoms with van der Waals surface area (Å²) in [5.41, 5.74) is 0.0411. The number of carbonyl (C=O) groups is 1. The maximum Gasteiger partial charge on any atom is 0.267 e. The maximum absolute atomic E-state index is 12.4. The van der Waals surface area contributed by atoms with Gasteiger partial charge < -0.3 is 4.90 Å². The van der Waals surface area contributed by atoms with Gasteiger partial charge in [0.05, 0.1) is 0 Å². The van der Waals surface area contributed by atoms with Crippen molar-refractivity contribution >= 4 is 17.7 Å². The highest BCUT2D eigenvalue weighted by Gasteiger charge is 2.26. The van der Waals surface area contributed by atoms with Crippen LogP contribution in [0.5, 0.6) is 0 Å². The number of rotatable bonds is 1. The Hall–Kier alpha value is -1.30. The molecule has 3 heterocycles. The van der Waals surface area contributed by atoms with Crippen LogP contribution in [0.25, 0.3) is 0 Å². The third-order valence-electron chi connectivity index (χ3n) is 3.86. The summed E-state index contributed by atoms with van der Waals surface area (Å²) >= 11 is 1.57. The number of carbonyl (C=O) groups excluding carboxylic acids is 1. The molecule has 1 amide bonds. The topological polar surface area (TPSA) is 55.2 Å². The molecule has 0 aliphatic carbocycles. The molecule has 3 rings (SSSR count). The Morgan fingerprint density at radius 1 is 1.37 bits per heavy atom. The van der Waals surface area contributed by atoms with Crippen LogP contribution >= 0.6 is 11.8 Å². The fraction of sp³-hybridized carbons (Fsp3) is 0.615. The molecule has 102 valence electrons. The Bertz CT molecular complexity index is 561. The van der Waals surface area contributed by atoms with Crippen LogP contribution in [-0.4, -0.2) is 39.2 Å². The fourth-order valence-corrected chi connectivity index (χ4v) is 3.46. The lowest BCUT2D eigenvalue weighted by atomic mass is 9.99. The molecule has 0 spiro atoms. The largest absolute Gasteiger partial charge is 0.338 e. The number of nitrogens with zero attached hydrogens (tertiary/aromatic N) is 3. The summed E-state index contributed by atoms with van der Waals surface area (Å²) in [6.45, 7) is 4.35. The lowest BCUT2D eigenvalue weighted by Crippen LogP contribution is -2.41. The van der Waals surface area contributed by atoms with Crippen molar-refractivity contribution in [2.75, 3.05) is 18.8 Å². The van der Waals surface area contributed by atoms with Gasteiger partial charge in [-0.1, -0.05) is 18.7 Å². The van der Waals surface area contributed by atoms with Gasteiger partial charge in [-0.25, -0.2) is 4.98 Å². The number of thioether (sulfide) groups is 1. The van der Waals surface area contributed by atoms with Gasteiger partial charge in [0.2, 0.25) is 0 Å². The molecule has 6 heteroatoms. The van der Waals surface area contributed by atoms with Gasteiger partial charge in [0.15, 0.2) is 5.16 Å². The monoisotopic (exact) mass is 279 g/mol. The van der Waals surface area contributed by atoms with E-state index < -0.39 is 0 Å². The third kappa shape index (κ3) is 2.29. The number of piperidine rings is 1. The van der Waals surface area contributed by atoms with Crippen molar-refractivity contribution in [2.24, 2.45) is 5.92 Å². The van der Waals surface area contributed by atoms with Crippen molar-refractivity contribution < 1.29 is 4.79 Å². The lowest BCUT2D eigenvalue weighted by Gasteiger charge is -2.30. The van der Waals surface area contributed by atoms with Gasteiger partial charge in [-0.2, -0.15) is 0 Å². The number of hydrogen-bond acceptors (Lipinski definition) is 4. The van der Waals surface area contributed by atoms with E-state index in [1.807, 2.05) is 0 Å². The van der Waals surface area contributed by atoms with E-state index in [4.69, 9.17) is 0 Å². The van der Waals surface area contributed by atoms with Crippen LogP contribution in [0.3, 0.4) is 0 Å². The van der Waals surface area contributed by atoms with Crippen LogP contribution in [0.4, 0.5) is 0 Å². The summed E-state index contributed by atoms with van der Waals surface area (Å²) in [4.78, 5) is 30.7. The van der Waals surface area contributed by atoms with Crippen LogP contribution in [0.15, 0.2) is 16.1 Å². The minimum atomic E-state index is -0.182. The third-order valence-corrected chi connectivity index (χ3v) is 4.83. The molecule has 2 aliphatic rings. The van der Waals surface area contributed by atoms with Gasteiger partial charge in [-0.3, -0.25) is 14.2 Å². The zero-order valence-corrected chi connectivity index (χ0v) is 11.8. The normalized spacial score (nSPS) is 19.5. The van der Waals surface area contributed by atoms with Crippen LogP contribution in [-0.2, 0) is 6.54 Å². The second-order valence-corrected chi connectivity index (χ2v) is 6.30. The quantitative estimate of drug-likeness (QED) is 0.725. The van der Waals surface area contributed by atoms with Crippen molar-refractivity contribution in [2.45, 2.75) is 31.5 Å². The summed E-state index contributed by atoms with van der Waals surface area (Å²) in [6.07, 6.45) is 3.48. The molecule has 0 bridgehead atoms. The molecule has 1 aromatic rings. The Kier molecular flexibility index (Phi) is 3.35. The van der Waals surface area contributed by atoms with E-state index in [1.165, 1.54) is 6.20 Å². The summed E-state index contributed by atoms with van der Waals surface area (Å²) in [6, 6.07) is 0. The molecule has 1 aromatic heterocycles. The number of likely N-dealkylation sites (tertiary alicyclic amines) is 1. The molecule has 1 fully saturated rings. The molecule has 2 aliphatic heterocycles. The molecule has 0 radical (unpaired) electrons. The van der Waals surface area contributed by atoms with E-state index in [2.05, 4.69) is 11.9 Å². The van der Waals surface area contributed by atoms with Crippen LogP contribution in [0.1, 0.15) is 30.1 Å². The molecular weight excluding hydrogens is 262 g/mol. The molecule has 19 heavy (non-hydrogen) atoms. The van der Waals surface area contributed by atoms with Crippen molar-refractivity contribution in [1.82, 2.24) is 14.5 Å². The molecule has 0 saturated carbocycles. The molecular formula is C13H17N3O2S. The first-order chi connectivity index (χ1) is 9.16. The van der Waals surface area contributed by atoms with Gasteiger partial charge in [-0.15, -0.1) is 0 Å². The first kappa shape index (κ1) is 12.7. The highest BCUT2D eigenvalue weighted by molar-refractivity contribution is 7.99. The first-order valence-corrected chi connectivity index (χ1v) is 7.67. The Labute approximate surface area is 116 Å². The van der Waals surface area contributed by atoms with E-state index in [1.54, 1.807) is 21.2 Å². The van der Waals surface area contributed by atoms with Crippen molar-refractivity contribution in [1.29, 1.82) is 0 Å². The highest BCUT2D eigenvalue weighted by atomic mass is 32.2. The van der Waals surface area contributed by atoms with Gasteiger partial charge in [0.1, 0.15) is 5.56 Å². The summed E-state index contributed by atoms with van der Waals surface area (Å²) in [5.74, 6) is 1.37. The second kappa shape index (κ2) is 5.00. The Morgan fingerprint density at radius 2 is 2.11 bits per heavy atom. The van der Waals surface area contributed by atoms with Crippen molar-refractivity contribution in [3.05, 3.63) is 22.1 Å². The molecule has 0 N–H and O–H groups in total. The average molecular weight is 279 g/mol. The highest BCUT2D eigenvalue weighted by Crippen LogP contribution is 2.21. The predicted molar refractivity (Wildman–Crippen MR) is 73.5 cm³/mol. The number of aromatic nitrogens is 2. The average Bonchev–Trinajstić information content (AvgIpc) is 2.88. The summed E-state index contributed by atoms with van der Waals surface area (Å²) < 4.78 is 1.62. The lowest BCUT2D eigenvalue weighted by molar-refractivity contribution is 0.0694. The number of fused-ring (bicyclic) bond motifs is 1. The first-order valence-electron chi connectivity index (χ1n) is 6.68. The van der Waals surface area contributed by atoms with Crippen molar-refractivity contribution in [3.63, 3.8) is 0 Å². The number of hydrogen-bond donors (Lipinski definition) is 0. The Morgan fingerprint density at radius 3 is 2.84 bits per heavy atom. The van der Waals surface area contributed by atoms with Crippen molar-refractivity contribution in [3.8, 4) is 0 Å². The zero-order valence-electron chi connectivity index (χ0n) is 11.0. The van der Waals surface area contributed by atoms with E-state index >= 15 is 0 Å². The van der Waals surface area contributed by atoms with Gasteiger partial charge in [0, 0.05) is 31.6 Å². The minimum Gasteiger partial charge on any atom is -0.338 e. The van der Waals surface area contributed by atoms with Gasteiger partial charge in [-0.05, 0) is 18.8 Å². The van der Waals surface area contributed by atoms with E-state index in [0.717, 1.165) is 36.8 Å². The standard InChI is InChI=1S/C13H17N3O2S/c1-9-2-4-15(5-3-9)11(17)10-8-14-13-16(12(10)18)6-7-19-13/h8-9H,2-7H2,1H3. The zero-order chi connectivity index (χ0) is 13.4.